The van der Waals surface area contributed by atoms with E-state index < -0.39 is 12.1 Å². The van der Waals surface area contributed by atoms with E-state index in [1.807, 2.05) is 30.3 Å². The minimum absolute atomic E-state index is 0.242. The third-order valence-corrected chi connectivity index (χ3v) is 4.00. The lowest BCUT2D eigenvalue weighted by Crippen LogP contribution is -2.24. The Bertz CT molecular complexity index is 916. The van der Waals surface area contributed by atoms with Crippen molar-refractivity contribution in [1.82, 2.24) is 0 Å². The molecule has 0 radical (unpaired) electrons. The highest BCUT2D eigenvalue weighted by Gasteiger charge is 2.22. The van der Waals surface area contributed by atoms with Crippen LogP contribution >= 0.6 is 0 Å². The Morgan fingerprint density at radius 2 is 1.48 bits per heavy atom. The number of hydrogen-bond donors (Lipinski definition) is 0. The van der Waals surface area contributed by atoms with Crippen molar-refractivity contribution >= 4 is 22.5 Å². The van der Waals surface area contributed by atoms with Crippen LogP contribution in [0.2, 0.25) is 0 Å². The molecule has 0 aliphatic heterocycles. The summed E-state index contributed by atoms with van der Waals surface area (Å²) in [7, 11) is 1.50. The maximum Gasteiger partial charge on any atom is 0.342 e. The van der Waals surface area contributed by atoms with Gasteiger partial charge in [0.1, 0.15) is 11.3 Å². The zero-order valence-corrected chi connectivity index (χ0v) is 14.1. The first-order valence-corrected chi connectivity index (χ1v) is 7.97. The summed E-state index contributed by atoms with van der Waals surface area (Å²) in [6, 6.07) is 19.9. The molecule has 3 aromatic rings. The highest BCUT2D eigenvalue weighted by atomic mass is 16.5. The number of methoxy groups -OCH3 is 1. The molecule has 126 valence electrons. The SMILES string of the molecule is COc1cc2ccccc2cc1C(=O)OC(C)C(=O)c1ccccc1. The summed E-state index contributed by atoms with van der Waals surface area (Å²) in [6.07, 6.45) is -0.883. The molecule has 0 N–H and O–H groups in total. The lowest BCUT2D eigenvalue weighted by Gasteiger charge is -2.14. The molecule has 1 unspecified atom stereocenters. The first-order valence-electron chi connectivity index (χ1n) is 7.97. The average molecular weight is 334 g/mol. The van der Waals surface area contributed by atoms with E-state index in [1.54, 1.807) is 43.3 Å². The molecule has 0 spiro atoms. The highest BCUT2D eigenvalue weighted by Crippen LogP contribution is 2.27. The van der Waals surface area contributed by atoms with Crippen molar-refractivity contribution in [2.45, 2.75) is 13.0 Å². The van der Waals surface area contributed by atoms with Gasteiger partial charge in [-0.15, -0.1) is 0 Å². The van der Waals surface area contributed by atoms with Crippen LogP contribution in [0.4, 0.5) is 0 Å². The van der Waals surface area contributed by atoms with Crippen LogP contribution in [0, 0.1) is 0 Å². The van der Waals surface area contributed by atoms with E-state index in [9.17, 15) is 9.59 Å². The molecule has 0 aliphatic carbocycles. The number of esters is 1. The van der Waals surface area contributed by atoms with E-state index in [0.717, 1.165) is 10.8 Å². The van der Waals surface area contributed by atoms with Crippen molar-refractivity contribution in [3.8, 4) is 5.75 Å². The van der Waals surface area contributed by atoms with Crippen molar-refractivity contribution in [2.24, 2.45) is 0 Å². The second-order valence-electron chi connectivity index (χ2n) is 5.68. The Labute approximate surface area is 146 Å². The molecule has 4 nitrogen and oxygen atoms in total. The van der Waals surface area contributed by atoms with Gasteiger partial charge in [0, 0.05) is 5.56 Å². The lowest BCUT2D eigenvalue weighted by molar-refractivity contribution is 0.0316. The first kappa shape index (κ1) is 16.7. The largest absolute Gasteiger partial charge is 0.496 e. The Morgan fingerprint density at radius 1 is 0.880 bits per heavy atom. The van der Waals surface area contributed by atoms with Gasteiger partial charge in [-0.1, -0.05) is 54.6 Å². The fraction of sp³-hybridized carbons (Fsp3) is 0.143. The fourth-order valence-corrected chi connectivity index (χ4v) is 2.66. The molecule has 0 aromatic heterocycles. The van der Waals surface area contributed by atoms with Crippen molar-refractivity contribution < 1.29 is 19.1 Å². The van der Waals surface area contributed by atoms with Gasteiger partial charge in [-0.2, -0.15) is 0 Å². The Kier molecular flexibility index (Phi) is 4.80. The smallest absolute Gasteiger partial charge is 0.342 e. The molecule has 0 heterocycles. The Hall–Kier alpha value is -3.14. The molecule has 0 saturated carbocycles. The molecular weight excluding hydrogens is 316 g/mol. The third kappa shape index (κ3) is 3.53. The van der Waals surface area contributed by atoms with Gasteiger partial charge in [-0.25, -0.2) is 4.79 Å². The maximum absolute atomic E-state index is 12.6. The van der Waals surface area contributed by atoms with E-state index in [0.29, 0.717) is 16.9 Å². The van der Waals surface area contributed by atoms with Crippen LogP contribution in [-0.2, 0) is 4.74 Å². The van der Waals surface area contributed by atoms with E-state index >= 15 is 0 Å². The monoisotopic (exact) mass is 334 g/mol. The maximum atomic E-state index is 12.6. The summed E-state index contributed by atoms with van der Waals surface area (Å²) in [6.45, 7) is 1.57. The number of rotatable bonds is 5. The second-order valence-corrected chi connectivity index (χ2v) is 5.68. The van der Waals surface area contributed by atoms with Gasteiger partial charge >= 0.3 is 5.97 Å². The van der Waals surface area contributed by atoms with Crippen molar-refractivity contribution in [2.75, 3.05) is 7.11 Å². The quantitative estimate of drug-likeness (QED) is 0.516. The molecule has 0 bridgehead atoms. The molecule has 4 heteroatoms. The number of ketones is 1. The molecule has 0 fully saturated rings. The van der Waals surface area contributed by atoms with Crippen molar-refractivity contribution in [3.63, 3.8) is 0 Å². The summed E-state index contributed by atoms with van der Waals surface area (Å²) in [5.74, 6) is -0.406. The molecule has 0 amide bonds. The van der Waals surface area contributed by atoms with Gasteiger partial charge in [0.15, 0.2) is 6.10 Å². The summed E-state index contributed by atoms with van der Waals surface area (Å²) < 4.78 is 10.7. The number of Topliss-reactive ketones (excluding diaryl/α,β-unsaturated/α-hetero) is 1. The average Bonchev–Trinajstić information content (AvgIpc) is 2.66. The van der Waals surface area contributed by atoms with Crippen LogP contribution in [-0.4, -0.2) is 25.0 Å². The number of fused-ring (bicyclic) bond motifs is 1. The summed E-state index contributed by atoms with van der Waals surface area (Å²) in [4.78, 5) is 24.9. The van der Waals surface area contributed by atoms with Gasteiger partial charge in [0.25, 0.3) is 0 Å². The van der Waals surface area contributed by atoms with Gasteiger partial charge in [-0.3, -0.25) is 4.79 Å². The van der Waals surface area contributed by atoms with Crippen LogP contribution in [0.15, 0.2) is 66.7 Å². The topological polar surface area (TPSA) is 52.6 Å². The number of hydrogen-bond acceptors (Lipinski definition) is 4. The number of carbonyl (C=O) groups excluding carboxylic acids is 2. The van der Waals surface area contributed by atoms with Gasteiger partial charge in [0.2, 0.25) is 5.78 Å². The Balaban J connectivity index is 1.85. The van der Waals surface area contributed by atoms with Crippen LogP contribution in [0.25, 0.3) is 10.8 Å². The van der Waals surface area contributed by atoms with Crippen LogP contribution in [0.3, 0.4) is 0 Å². The van der Waals surface area contributed by atoms with E-state index in [2.05, 4.69) is 0 Å². The van der Waals surface area contributed by atoms with Gasteiger partial charge in [-0.05, 0) is 29.8 Å². The van der Waals surface area contributed by atoms with Crippen LogP contribution < -0.4 is 4.74 Å². The molecule has 25 heavy (non-hydrogen) atoms. The zero-order chi connectivity index (χ0) is 17.8. The van der Waals surface area contributed by atoms with E-state index in [4.69, 9.17) is 9.47 Å². The molecular formula is C21H18O4. The number of ether oxygens (including phenoxy) is 2. The molecule has 0 saturated heterocycles. The van der Waals surface area contributed by atoms with Gasteiger partial charge < -0.3 is 9.47 Å². The third-order valence-electron chi connectivity index (χ3n) is 4.00. The summed E-state index contributed by atoms with van der Waals surface area (Å²) >= 11 is 0. The first-order chi connectivity index (χ1) is 12.1. The summed E-state index contributed by atoms with van der Waals surface area (Å²) in [5, 5.41) is 1.86. The predicted octanol–water partition coefficient (Wildman–Crippen LogP) is 4.28. The van der Waals surface area contributed by atoms with E-state index in [-0.39, 0.29) is 5.78 Å². The fourth-order valence-electron chi connectivity index (χ4n) is 2.66. The van der Waals surface area contributed by atoms with Gasteiger partial charge in [0.05, 0.1) is 7.11 Å². The number of benzene rings is 3. The van der Waals surface area contributed by atoms with Crippen molar-refractivity contribution in [1.29, 1.82) is 0 Å². The molecule has 1 atom stereocenters. The predicted molar refractivity (Wildman–Crippen MR) is 96.2 cm³/mol. The van der Waals surface area contributed by atoms with Crippen LogP contribution in [0.5, 0.6) is 5.75 Å². The zero-order valence-electron chi connectivity index (χ0n) is 14.1. The lowest BCUT2D eigenvalue weighted by atomic mass is 10.1. The normalized spacial score (nSPS) is 11.8. The highest BCUT2D eigenvalue weighted by molar-refractivity contribution is 6.03. The second kappa shape index (κ2) is 7.18. The van der Waals surface area contributed by atoms with Crippen LogP contribution in [0.1, 0.15) is 27.6 Å². The standard InChI is InChI=1S/C21H18O4/c1-14(20(22)15-8-4-3-5-9-15)25-21(23)18-12-16-10-6-7-11-17(16)13-19(18)24-2/h3-14H,1-2H3. The van der Waals surface area contributed by atoms with E-state index in [1.165, 1.54) is 7.11 Å². The molecule has 3 rings (SSSR count). The molecule has 3 aromatic carbocycles. The Morgan fingerprint density at radius 3 is 2.12 bits per heavy atom. The number of carbonyl (C=O) groups is 2. The summed E-state index contributed by atoms with van der Waals surface area (Å²) in [5.41, 5.74) is 0.808. The van der Waals surface area contributed by atoms with Crippen molar-refractivity contribution in [3.05, 3.63) is 77.9 Å². The minimum Gasteiger partial charge on any atom is -0.496 e. The minimum atomic E-state index is -0.883. The molecule has 0 aliphatic rings.